The normalized spacial score (nSPS) is 12.3. The van der Waals surface area contributed by atoms with Crippen LogP contribution in [0.15, 0.2) is 24.3 Å². The van der Waals surface area contributed by atoms with Crippen LogP contribution in [0.2, 0.25) is 0 Å². The zero-order valence-electron chi connectivity index (χ0n) is 13.6. The van der Waals surface area contributed by atoms with Gasteiger partial charge < -0.3 is 15.2 Å². The van der Waals surface area contributed by atoms with E-state index in [1.54, 1.807) is 0 Å². The third-order valence-electron chi connectivity index (χ3n) is 3.56. The predicted molar refractivity (Wildman–Crippen MR) is 88.7 cm³/mol. The minimum atomic E-state index is -0.118. The largest absolute Gasteiger partial charge is 0.494 e. The lowest BCUT2D eigenvalue weighted by molar-refractivity contribution is 0.116. The van der Waals surface area contributed by atoms with E-state index < -0.39 is 0 Å². The fourth-order valence-electron chi connectivity index (χ4n) is 2.36. The lowest BCUT2D eigenvalue weighted by atomic mass is 10.1. The predicted octanol–water partition coefficient (Wildman–Crippen LogP) is 4.46. The Morgan fingerprint density at radius 3 is 2.48 bits per heavy atom. The molecule has 0 fully saturated rings. The SMILES string of the molecule is CCCCCCCCOCC(N)c1ccccc1OCC. The van der Waals surface area contributed by atoms with Gasteiger partial charge in [-0.2, -0.15) is 0 Å². The Kier molecular flexibility index (Phi) is 9.92. The Morgan fingerprint density at radius 1 is 1.00 bits per heavy atom. The molecule has 1 aromatic carbocycles. The molecule has 0 aromatic heterocycles. The van der Waals surface area contributed by atoms with Crippen molar-refractivity contribution in [2.45, 2.75) is 58.4 Å². The summed E-state index contributed by atoms with van der Waals surface area (Å²) in [5, 5.41) is 0. The zero-order valence-corrected chi connectivity index (χ0v) is 13.6. The fourth-order valence-corrected chi connectivity index (χ4v) is 2.36. The van der Waals surface area contributed by atoms with Gasteiger partial charge in [0.2, 0.25) is 0 Å². The van der Waals surface area contributed by atoms with Gasteiger partial charge in [-0.25, -0.2) is 0 Å². The molecule has 0 bridgehead atoms. The van der Waals surface area contributed by atoms with Crippen molar-refractivity contribution in [3.8, 4) is 5.75 Å². The summed E-state index contributed by atoms with van der Waals surface area (Å²) in [6.07, 6.45) is 7.69. The molecule has 1 rings (SSSR count). The van der Waals surface area contributed by atoms with Crippen LogP contribution in [0, 0.1) is 0 Å². The number of ether oxygens (including phenoxy) is 2. The summed E-state index contributed by atoms with van der Waals surface area (Å²) in [7, 11) is 0. The van der Waals surface area contributed by atoms with Gasteiger partial charge in [0, 0.05) is 12.2 Å². The van der Waals surface area contributed by atoms with E-state index in [-0.39, 0.29) is 6.04 Å². The quantitative estimate of drug-likeness (QED) is 0.579. The number of rotatable bonds is 12. The van der Waals surface area contributed by atoms with Crippen LogP contribution in [-0.4, -0.2) is 19.8 Å². The maximum absolute atomic E-state index is 6.20. The van der Waals surface area contributed by atoms with E-state index in [0.717, 1.165) is 24.3 Å². The Morgan fingerprint density at radius 2 is 1.71 bits per heavy atom. The molecular formula is C18H31NO2. The summed E-state index contributed by atoms with van der Waals surface area (Å²) in [5.74, 6) is 0.871. The summed E-state index contributed by atoms with van der Waals surface area (Å²) in [5.41, 5.74) is 7.23. The molecule has 0 spiro atoms. The monoisotopic (exact) mass is 293 g/mol. The molecule has 0 aliphatic heterocycles. The number of unbranched alkanes of at least 4 members (excludes halogenated alkanes) is 5. The van der Waals surface area contributed by atoms with Crippen LogP contribution >= 0.6 is 0 Å². The second-order valence-corrected chi connectivity index (χ2v) is 5.42. The highest BCUT2D eigenvalue weighted by Crippen LogP contribution is 2.23. The van der Waals surface area contributed by atoms with E-state index in [1.807, 2.05) is 31.2 Å². The molecule has 1 atom stereocenters. The van der Waals surface area contributed by atoms with E-state index in [2.05, 4.69) is 6.92 Å². The lowest BCUT2D eigenvalue weighted by Gasteiger charge is -2.16. The standard InChI is InChI=1S/C18H31NO2/c1-3-5-6-7-8-11-14-20-15-17(19)16-12-9-10-13-18(16)21-4-2/h9-10,12-13,17H,3-8,11,14-15,19H2,1-2H3. The molecule has 1 unspecified atom stereocenters. The second kappa shape index (κ2) is 11.6. The molecule has 0 radical (unpaired) electrons. The molecule has 0 saturated carbocycles. The van der Waals surface area contributed by atoms with Crippen molar-refractivity contribution < 1.29 is 9.47 Å². The van der Waals surface area contributed by atoms with Crippen LogP contribution < -0.4 is 10.5 Å². The summed E-state index contributed by atoms with van der Waals surface area (Å²) >= 11 is 0. The minimum Gasteiger partial charge on any atom is -0.494 e. The van der Waals surface area contributed by atoms with Gasteiger partial charge in [0.15, 0.2) is 0 Å². The molecule has 21 heavy (non-hydrogen) atoms. The topological polar surface area (TPSA) is 44.5 Å². The highest BCUT2D eigenvalue weighted by Gasteiger charge is 2.11. The Hall–Kier alpha value is -1.06. The van der Waals surface area contributed by atoms with E-state index in [0.29, 0.717) is 13.2 Å². The number of nitrogens with two attached hydrogens (primary N) is 1. The van der Waals surface area contributed by atoms with Crippen LogP contribution in [0.5, 0.6) is 5.75 Å². The van der Waals surface area contributed by atoms with Crippen LogP contribution in [0.25, 0.3) is 0 Å². The van der Waals surface area contributed by atoms with Crippen LogP contribution in [-0.2, 0) is 4.74 Å². The fraction of sp³-hybridized carbons (Fsp3) is 0.667. The highest BCUT2D eigenvalue weighted by molar-refractivity contribution is 5.35. The van der Waals surface area contributed by atoms with Gasteiger partial charge in [-0.15, -0.1) is 0 Å². The molecule has 3 heteroatoms. The first-order valence-electron chi connectivity index (χ1n) is 8.34. The van der Waals surface area contributed by atoms with Crippen molar-refractivity contribution in [2.24, 2.45) is 5.73 Å². The Bertz CT molecular complexity index is 368. The number of hydrogen-bond donors (Lipinski definition) is 1. The zero-order chi connectivity index (χ0) is 15.3. The molecular weight excluding hydrogens is 262 g/mol. The first kappa shape index (κ1) is 18.0. The van der Waals surface area contributed by atoms with Gasteiger partial charge in [0.25, 0.3) is 0 Å². The van der Waals surface area contributed by atoms with E-state index in [9.17, 15) is 0 Å². The minimum absolute atomic E-state index is 0.118. The van der Waals surface area contributed by atoms with Gasteiger partial charge in [-0.3, -0.25) is 0 Å². The average Bonchev–Trinajstić information content (AvgIpc) is 2.50. The summed E-state index contributed by atoms with van der Waals surface area (Å²) in [6, 6.07) is 7.83. The molecule has 3 nitrogen and oxygen atoms in total. The first-order chi connectivity index (χ1) is 10.3. The second-order valence-electron chi connectivity index (χ2n) is 5.42. The maximum atomic E-state index is 6.20. The highest BCUT2D eigenvalue weighted by atomic mass is 16.5. The van der Waals surface area contributed by atoms with E-state index in [4.69, 9.17) is 15.2 Å². The molecule has 0 aliphatic rings. The Labute approximate surface area is 129 Å². The smallest absolute Gasteiger partial charge is 0.124 e. The van der Waals surface area contributed by atoms with E-state index in [1.165, 1.54) is 32.1 Å². The summed E-state index contributed by atoms with van der Waals surface area (Å²) in [4.78, 5) is 0. The van der Waals surface area contributed by atoms with Gasteiger partial charge in [-0.05, 0) is 19.4 Å². The van der Waals surface area contributed by atoms with Crippen LogP contribution in [0.3, 0.4) is 0 Å². The van der Waals surface area contributed by atoms with Crippen molar-refractivity contribution in [2.75, 3.05) is 19.8 Å². The van der Waals surface area contributed by atoms with Crippen molar-refractivity contribution >= 4 is 0 Å². The summed E-state index contributed by atoms with van der Waals surface area (Å²) < 4.78 is 11.3. The van der Waals surface area contributed by atoms with Crippen molar-refractivity contribution in [3.63, 3.8) is 0 Å². The van der Waals surface area contributed by atoms with Gasteiger partial charge in [0.05, 0.1) is 19.3 Å². The number of para-hydroxylation sites is 1. The van der Waals surface area contributed by atoms with Crippen molar-refractivity contribution in [1.82, 2.24) is 0 Å². The lowest BCUT2D eigenvalue weighted by Crippen LogP contribution is -2.18. The molecule has 120 valence electrons. The molecule has 0 saturated heterocycles. The maximum Gasteiger partial charge on any atom is 0.124 e. The molecule has 1 aromatic rings. The van der Waals surface area contributed by atoms with Crippen LogP contribution in [0.4, 0.5) is 0 Å². The van der Waals surface area contributed by atoms with Gasteiger partial charge in [0.1, 0.15) is 5.75 Å². The van der Waals surface area contributed by atoms with Crippen molar-refractivity contribution in [1.29, 1.82) is 0 Å². The first-order valence-corrected chi connectivity index (χ1v) is 8.34. The average molecular weight is 293 g/mol. The number of benzene rings is 1. The molecule has 0 heterocycles. The molecule has 2 N–H and O–H groups in total. The molecule has 0 amide bonds. The van der Waals surface area contributed by atoms with Gasteiger partial charge in [-0.1, -0.05) is 57.2 Å². The van der Waals surface area contributed by atoms with Gasteiger partial charge >= 0.3 is 0 Å². The number of hydrogen-bond acceptors (Lipinski definition) is 3. The van der Waals surface area contributed by atoms with Crippen LogP contribution in [0.1, 0.15) is 64.0 Å². The van der Waals surface area contributed by atoms with Crippen molar-refractivity contribution in [3.05, 3.63) is 29.8 Å². The molecule has 0 aliphatic carbocycles. The third-order valence-corrected chi connectivity index (χ3v) is 3.56. The Balaban J connectivity index is 2.20. The van der Waals surface area contributed by atoms with E-state index >= 15 is 0 Å². The summed E-state index contributed by atoms with van der Waals surface area (Å²) in [6.45, 7) is 6.24. The third kappa shape index (κ3) is 7.49.